The number of ether oxygens (including phenoxy) is 1. The maximum Gasteiger partial charge on any atom is 0.178 e. The Morgan fingerprint density at radius 2 is 2.26 bits per heavy atom. The van der Waals surface area contributed by atoms with Crippen molar-refractivity contribution in [3.8, 4) is 5.75 Å². The summed E-state index contributed by atoms with van der Waals surface area (Å²) >= 11 is 5.36. The molecule has 5 nitrogen and oxygen atoms in total. The third-order valence-corrected chi connectivity index (χ3v) is 3.42. The molecule has 3 rings (SSSR count). The van der Waals surface area contributed by atoms with Crippen LogP contribution in [0.3, 0.4) is 0 Å². The number of H-pyrrole nitrogens is 1. The number of rotatable bonds is 4. The van der Waals surface area contributed by atoms with E-state index in [0.717, 1.165) is 34.6 Å². The fourth-order valence-electron chi connectivity index (χ4n) is 2.12. The minimum absolute atomic E-state index is 0.718. The van der Waals surface area contributed by atoms with E-state index < -0.39 is 0 Å². The van der Waals surface area contributed by atoms with Crippen LogP contribution < -0.4 is 4.74 Å². The second-order valence-corrected chi connectivity index (χ2v) is 4.62. The normalized spacial score (nSPS) is 11.0. The first-order valence-corrected chi connectivity index (χ1v) is 6.43. The van der Waals surface area contributed by atoms with Crippen LogP contribution in [0, 0.1) is 4.77 Å². The number of aromatic nitrogens is 4. The van der Waals surface area contributed by atoms with Gasteiger partial charge in [0.1, 0.15) is 5.75 Å². The van der Waals surface area contributed by atoms with Crippen LogP contribution in [0.4, 0.5) is 0 Å². The number of methoxy groups -OCH3 is 1. The first-order chi connectivity index (χ1) is 9.28. The molecule has 1 N–H and O–H groups in total. The molecule has 0 bridgehead atoms. The molecule has 0 fully saturated rings. The highest BCUT2D eigenvalue weighted by Gasteiger charge is 2.05. The molecule has 0 saturated heterocycles. The molecule has 2 aromatic heterocycles. The molecular formula is C13H14N4OS. The Morgan fingerprint density at radius 3 is 3.00 bits per heavy atom. The Bertz CT molecular complexity index is 742. The topological polar surface area (TPSA) is 47.8 Å². The van der Waals surface area contributed by atoms with Crippen LogP contribution >= 0.6 is 12.2 Å². The summed E-state index contributed by atoms with van der Waals surface area (Å²) in [5, 5.41) is 4.19. The second kappa shape index (κ2) is 4.89. The average molecular weight is 274 g/mol. The van der Waals surface area contributed by atoms with Gasteiger partial charge in [0, 0.05) is 25.0 Å². The van der Waals surface area contributed by atoms with Crippen molar-refractivity contribution in [2.45, 2.75) is 13.1 Å². The van der Waals surface area contributed by atoms with Gasteiger partial charge in [-0.05, 0) is 30.4 Å². The molecule has 3 aromatic rings. The van der Waals surface area contributed by atoms with Gasteiger partial charge in [-0.2, -0.15) is 5.10 Å². The lowest BCUT2D eigenvalue weighted by Gasteiger charge is -2.06. The van der Waals surface area contributed by atoms with Crippen molar-refractivity contribution in [3.63, 3.8) is 0 Å². The van der Waals surface area contributed by atoms with E-state index in [2.05, 4.69) is 14.6 Å². The number of benzene rings is 1. The summed E-state index contributed by atoms with van der Waals surface area (Å²) in [6.45, 7) is 1.55. The zero-order valence-electron chi connectivity index (χ0n) is 10.5. The first kappa shape index (κ1) is 12.0. The summed E-state index contributed by atoms with van der Waals surface area (Å²) in [6, 6.07) is 7.81. The van der Waals surface area contributed by atoms with Gasteiger partial charge >= 0.3 is 0 Å². The SMILES string of the molecule is COc1ccc2[nH]c(=S)n(CCn3cccn3)c2c1. The number of aryl methyl sites for hydroxylation is 2. The van der Waals surface area contributed by atoms with Gasteiger partial charge in [-0.15, -0.1) is 0 Å². The van der Waals surface area contributed by atoms with Crippen LogP contribution in [0.1, 0.15) is 0 Å². The van der Waals surface area contributed by atoms with E-state index in [1.807, 2.05) is 35.1 Å². The van der Waals surface area contributed by atoms with E-state index in [0.29, 0.717) is 0 Å². The molecular weight excluding hydrogens is 260 g/mol. The summed E-state index contributed by atoms with van der Waals surface area (Å²) < 4.78 is 9.93. The highest BCUT2D eigenvalue weighted by atomic mass is 32.1. The number of nitrogens with zero attached hydrogens (tertiary/aromatic N) is 3. The quantitative estimate of drug-likeness (QED) is 0.744. The zero-order valence-corrected chi connectivity index (χ0v) is 11.4. The Hall–Kier alpha value is -2.08. The monoisotopic (exact) mass is 274 g/mol. The summed E-state index contributed by atoms with van der Waals surface area (Å²) in [7, 11) is 1.66. The lowest BCUT2D eigenvalue weighted by Crippen LogP contribution is -2.07. The van der Waals surface area contributed by atoms with Gasteiger partial charge in [0.25, 0.3) is 0 Å². The minimum Gasteiger partial charge on any atom is -0.497 e. The Labute approximate surface area is 115 Å². The number of fused-ring (bicyclic) bond motifs is 1. The van der Waals surface area contributed by atoms with E-state index >= 15 is 0 Å². The Balaban J connectivity index is 1.97. The smallest absolute Gasteiger partial charge is 0.178 e. The molecule has 0 saturated carbocycles. The van der Waals surface area contributed by atoms with Crippen molar-refractivity contribution >= 4 is 23.3 Å². The van der Waals surface area contributed by atoms with Gasteiger partial charge in [0.15, 0.2) is 4.77 Å². The van der Waals surface area contributed by atoms with E-state index in [1.54, 1.807) is 13.3 Å². The maximum absolute atomic E-state index is 5.36. The van der Waals surface area contributed by atoms with E-state index in [4.69, 9.17) is 17.0 Å². The second-order valence-electron chi connectivity index (χ2n) is 4.23. The largest absolute Gasteiger partial charge is 0.497 e. The zero-order chi connectivity index (χ0) is 13.2. The van der Waals surface area contributed by atoms with Crippen molar-refractivity contribution in [2.75, 3.05) is 7.11 Å². The maximum atomic E-state index is 5.36. The molecule has 0 aliphatic heterocycles. The molecule has 2 heterocycles. The predicted molar refractivity (Wildman–Crippen MR) is 75.9 cm³/mol. The van der Waals surface area contributed by atoms with Crippen molar-refractivity contribution < 1.29 is 4.74 Å². The summed E-state index contributed by atoms with van der Waals surface area (Å²) in [4.78, 5) is 3.20. The van der Waals surface area contributed by atoms with Crippen LogP contribution in [0.2, 0.25) is 0 Å². The summed E-state index contributed by atoms with van der Waals surface area (Å²) in [5.74, 6) is 0.828. The average Bonchev–Trinajstić information content (AvgIpc) is 3.03. The summed E-state index contributed by atoms with van der Waals surface area (Å²) in [6.07, 6.45) is 3.72. The molecule has 98 valence electrons. The van der Waals surface area contributed by atoms with E-state index in [1.165, 1.54) is 0 Å². The molecule has 0 amide bonds. The van der Waals surface area contributed by atoms with Crippen LogP contribution in [0.5, 0.6) is 5.75 Å². The number of nitrogens with one attached hydrogen (secondary N) is 1. The predicted octanol–water partition coefficient (Wildman–Crippen LogP) is 2.60. The molecule has 6 heteroatoms. The molecule has 0 aliphatic rings. The lowest BCUT2D eigenvalue weighted by molar-refractivity contribution is 0.415. The van der Waals surface area contributed by atoms with Gasteiger partial charge in [0.05, 0.1) is 24.7 Å². The van der Waals surface area contributed by atoms with Gasteiger partial charge in [-0.25, -0.2) is 0 Å². The molecule has 0 spiro atoms. The molecule has 0 unspecified atom stereocenters. The van der Waals surface area contributed by atoms with Gasteiger partial charge in [-0.1, -0.05) is 0 Å². The highest BCUT2D eigenvalue weighted by Crippen LogP contribution is 2.20. The third kappa shape index (κ3) is 2.26. The van der Waals surface area contributed by atoms with Crippen molar-refractivity contribution in [1.82, 2.24) is 19.3 Å². The molecule has 0 radical (unpaired) electrons. The number of imidazole rings is 1. The fraction of sp³-hybridized carbons (Fsp3) is 0.231. The minimum atomic E-state index is 0.718. The molecule has 19 heavy (non-hydrogen) atoms. The van der Waals surface area contributed by atoms with E-state index in [9.17, 15) is 0 Å². The number of hydrogen-bond acceptors (Lipinski definition) is 3. The number of aromatic amines is 1. The van der Waals surface area contributed by atoms with Crippen molar-refractivity contribution in [3.05, 3.63) is 41.4 Å². The third-order valence-electron chi connectivity index (χ3n) is 3.09. The van der Waals surface area contributed by atoms with Crippen molar-refractivity contribution in [2.24, 2.45) is 0 Å². The highest BCUT2D eigenvalue weighted by molar-refractivity contribution is 7.71. The standard InChI is InChI=1S/C13H14N4OS/c1-18-10-3-4-11-12(9-10)17(13(19)15-11)8-7-16-6-2-5-14-16/h2-6,9H,7-8H2,1H3,(H,15,19). The van der Waals surface area contributed by atoms with Crippen LogP contribution in [0.25, 0.3) is 11.0 Å². The van der Waals surface area contributed by atoms with Crippen molar-refractivity contribution in [1.29, 1.82) is 0 Å². The van der Waals surface area contributed by atoms with Gasteiger partial charge < -0.3 is 14.3 Å². The van der Waals surface area contributed by atoms with E-state index in [-0.39, 0.29) is 0 Å². The fourth-order valence-corrected chi connectivity index (χ4v) is 2.42. The molecule has 0 aliphatic carbocycles. The van der Waals surface area contributed by atoms with Gasteiger partial charge in [0.2, 0.25) is 0 Å². The number of hydrogen-bond donors (Lipinski definition) is 1. The summed E-state index contributed by atoms with van der Waals surface area (Å²) in [5.41, 5.74) is 2.07. The lowest BCUT2D eigenvalue weighted by atomic mass is 10.3. The van der Waals surface area contributed by atoms with Crippen LogP contribution in [0.15, 0.2) is 36.7 Å². The Kier molecular flexibility index (Phi) is 3.08. The molecule has 0 atom stereocenters. The van der Waals surface area contributed by atoms with Crippen LogP contribution in [-0.4, -0.2) is 26.4 Å². The molecule has 1 aromatic carbocycles. The Morgan fingerprint density at radius 1 is 1.37 bits per heavy atom. The van der Waals surface area contributed by atoms with Gasteiger partial charge in [-0.3, -0.25) is 4.68 Å². The van der Waals surface area contributed by atoms with Crippen LogP contribution in [-0.2, 0) is 13.1 Å². The first-order valence-electron chi connectivity index (χ1n) is 6.02.